The summed E-state index contributed by atoms with van der Waals surface area (Å²) in [5, 5.41) is 20.6. The molecule has 2 aliphatic heterocycles. The third kappa shape index (κ3) is 1.21. The van der Waals surface area contributed by atoms with Crippen molar-refractivity contribution in [3.63, 3.8) is 0 Å². The summed E-state index contributed by atoms with van der Waals surface area (Å²) in [6.45, 7) is 1.01. The van der Waals surface area contributed by atoms with E-state index in [1.165, 1.54) is 11.1 Å². The molecule has 21 heavy (non-hydrogen) atoms. The first-order valence-electron chi connectivity index (χ1n) is 7.71. The molecule has 0 radical (unpaired) electrons. The van der Waals surface area contributed by atoms with Crippen molar-refractivity contribution in [1.82, 2.24) is 4.90 Å². The van der Waals surface area contributed by atoms with Gasteiger partial charge in [-0.2, -0.15) is 0 Å². The lowest BCUT2D eigenvalue weighted by molar-refractivity contribution is -0.0453. The molecule has 110 valence electrons. The van der Waals surface area contributed by atoms with Crippen molar-refractivity contribution in [2.24, 2.45) is 5.92 Å². The highest BCUT2D eigenvalue weighted by molar-refractivity contribution is 5.61. The summed E-state index contributed by atoms with van der Waals surface area (Å²) in [5.41, 5.74) is 2.29. The number of ether oxygens (including phenoxy) is 1. The summed E-state index contributed by atoms with van der Waals surface area (Å²) in [7, 11) is 2.19. The van der Waals surface area contributed by atoms with E-state index in [0.717, 1.165) is 19.4 Å². The van der Waals surface area contributed by atoms with Gasteiger partial charge in [-0.3, -0.25) is 0 Å². The zero-order valence-corrected chi connectivity index (χ0v) is 12.0. The first kappa shape index (κ1) is 12.1. The van der Waals surface area contributed by atoms with Crippen molar-refractivity contribution in [3.8, 4) is 11.5 Å². The lowest BCUT2D eigenvalue weighted by Gasteiger charge is -2.56. The smallest absolute Gasteiger partial charge is 0.165 e. The Balaban J connectivity index is 1.84. The Hall–Kier alpha value is -1.52. The molecule has 1 saturated heterocycles. The largest absolute Gasteiger partial charge is 0.504 e. The average molecular weight is 285 g/mol. The van der Waals surface area contributed by atoms with Crippen molar-refractivity contribution < 1.29 is 14.9 Å². The predicted octanol–water partition coefficient (Wildman–Crippen LogP) is 1.20. The van der Waals surface area contributed by atoms with E-state index in [2.05, 4.69) is 18.0 Å². The molecule has 4 nitrogen and oxygen atoms in total. The van der Waals surface area contributed by atoms with Crippen LogP contribution >= 0.6 is 0 Å². The van der Waals surface area contributed by atoms with Crippen LogP contribution in [0.1, 0.15) is 17.5 Å². The molecular weight excluding hydrogens is 266 g/mol. The van der Waals surface area contributed by atoms with Crippen molar-refractivity contribution in [2.75, 3.05) is 13.6 Å². The molecule has 2 bridgehead atoms. The quantitative estimate of drug-likeness (QED) is 0.703. The summed E-state index contributed by atoms with van der Waals surface area (Å²) >= 11 is 0. The van der Waals surface area contributed by atoms with E-state index in [1.54, 1.807) is 6.07 Å². The van der Waals surface area contributed by atoms with Crippen molar-refractivity contribution in [3.05, 3.63) is 35.4 Å². The van der Waals surface area contributed by atoms with Crippen LogP contribution in [0.25, 0.3) is 0 Å². The second-order valence-electron chi connectivity index (χ2n) is 6.93. The molecule has 1 aromatic rings. The number of piperidine rings is 1. The lowest BCUT2D eigenvalue weighted by Crippen LogP contribution is -2.64. The Morgan fingerprint density at radius 3 is 3.05 bits per heavy atom. The molecule has 1 fully saturated rings. The van der Waals surface area contributed by atoms with Crippen LogP contribution in [-0.2, 0) is 11.8 Å². The van der Waals surface area contributed by atoms with Crippen LogP contribution in [0.2, 0.25) is 0 Å². The number of hydrogen-bond acceptors (Lipinski definition) is 4. The second-order valence-corrected chi connectivity index (χ2v) is 6.93. The highest BCUT2D eigenvalue weighted by atomic mass is 16.5. The monoisotopic (exact) mass is 285 g/mol. The van der Waals surface area contributed by atoms with Gasteiger partial charge in [0, 0.05) is 22.9 Å². The van der Waals surface area contributed by atoms with E-state index in [4.69, 9.17) is 4.74 Å². The van der Waals surface area contributed by atoms with E-state index in [0.29, 0.717) is 17.7 Å². The lowest BCUT2D eigenvalue weighted by atomic mass is 9.53. The fourth-order valence-corrected chi connectivity index (χ4v) is 5.24. The second kappa shape index (κ2) is 3.62. The predicted molar refractivity (Wildman–Crippen MR) is 77.6 cm³/mol. The molecule has 0 amide bonds. The van der Waals surface area contributed by atoms with Crippen molar-refractivity contribution in [1.29, 1.82) is 0 Å². The van der Waals surface area contributed by atoms with Crippen LogP contribution in [0, 0.1) is 5.92 Å². The third-order valence-electron chi connectivity index (χ3n) is 6.15. The molecule has 0 aromatic heterocycles. The van der Waals surface area contributed by atoms with Crippen LogP contribution in [0.4, 0.5) is 0 Å². The van der Waals surface area contributed by atoms with E-state index in [-0.39, 0.29) is 17.3 Å². The number of rotatable bonds is 0. The Labute approximate surface area is 123 Å². The molecule has 2 N–H and O–H groups in total. The maximum atomic E-state index is 10.4. The van der Waals surface area contributed by atoms with Gasteiger partial charge in [0.1, 0.15) is 12.2 Å². The van der Waals surface area contributed by atoms with Gasteiger partial charge in [0.2, 0.25) is 0 Å². The number of benzene rings is 1. The Bertz CT molecular complexity index is 670. The highest BCUT2D eigenvalue weighted by Crippen LogP contribution is 2.62. The molecule has 0 saturated carbocycles. The summed E-state index contributed by atoms with van der Waals surface area (Å²) in [4.78, 5) is 2.43. The standard InChI is InChI=1S/C17H19NO3/c1-18-7-6-17-10-3-5-13(20)16(17)21-15-12(19)4-2-9(14(15)17)8-11(10)18/h2-5,10-11,13,16,19-20H,6-8H2,1H3/t10?,11-,13?,16?,17+/m1/s1. The van der Waals surface area contributed by atoms with E-state index in [1.807, 2.05) is 12.1 Å². The summed E-state index contributed by atoms with van der Waals surface area (Å²) in [5.74, 6) is 1.19. The molecular formula is C17H19NO3. The van der Waals surface area contributed by atoms with Crippen LogP contribution in [0.15, 0.2) is 24.3 Å². The van der Waals surface area contributed by atoms with Crippen LogP contribution in [0.3, 0.4) is 0 Å². The van der Waals surface area contributed by atoms with Gasteiger partial charge in [-0.15, -0.1) is 0 Å². The molecule has 4 heteroatoms. The van der Waals surface area contributed by atoms with Gasteiger partial charge in [0.05, 0.1) is 0 Å². The topological polar surface area (TPSA) is 52.9 Å². The number of nitrogens with zero attached hydrogens (tertiary/aromatic N) is 1. The first-order chi connectivity index (χ1) is 10.1. The molecule has 2 aliphatic carbocycles. The van der Waals surface area contributed by atoms with E-state index >= 15 is 0 Å². The van der Waals surface area contributed by atoms with Crippen molar-refractivity contribution in [2.45, 2.75) is 36.5 Å². The summed E-state index contributed by atoms with van der Waals surface area (Å²) < 4.78 is 6.09. The zero-order chi connectivity index (χ0) is 14.4. The molecule has 1 aromatic carbocycles. The maximum Gasteiger partial charge on any atom is 0.165 e. The Morgan fingerprint density at radius 2 is 2.19 bits per heavy atom. The zero-order valence-electron chi connectivity index (χ0n) is 12.0. The average Bonchev–Trinajstić information content (AvgIpc) is 2.83. The van der Waals surface area contributed by atoms with E-state index in [9.17, 15) is 10.2 Å². The number of aliphatic hydroxyl groups is 1. The molecule has 3 unspecified atom stereocenters. The summed E-state index contributed by atoms with van der Waals surface area (Å²) in [6.07, 6.45) is 5.18. The third-order valence-corrected chi connectivity index (χ3v) is 6.15. The number of aromatic hydroxyl groups is 1. The molecule has 5 atom stereocenters. The summed E-state index contributed by atoms with van der Waals surface area (Å²) in [6, 6.07) is 4.23. The van der Waals surface area contributed by atoms with Gasteiger partial charge in [0.25, 0.3) is 0 Å². The Morgan fingerprint density at radius 1 is 1.33 bits per heavy atom. The molecule has 5 rings (SSSR count). The number of likely N-dealkylation sites (N-methyl/N-ethyl adjacent to an activating group) is 1. The van der Waals surface area contributed by atoms with Crippen LogP contribution in [0.5, 0.6) is 11.5 Å². The SMILES string of the molecule is CN1CC[C@]23c4c5ccc(O)c4OC2C(O)C=CC3[C@H]1C5. The number of hydrogen-bond donors (Lipinski definition) is 2. The first-order valence-corrected chi connectivity index (χ1v) is 7.71. The van der Waals surface area contributed by atoms with Gasteiger partial charge in [-0.05, 0) is 38.1 Å². The van der Waals surface area contributed by atoms with Crippen molar-refractivity contribution >= 4 is 0 Å². The molecule has 2 heterocycles. The van der Waals surface area contributed by atoms with Gasteiger partial charge in [-0.25, -0.2) is 0 Å². The van der Waals surface area contributed by atoms with Gasteiger partial charge >= 0.3 is 0 Å². The van der Waals surface area contributed by atoms with Gasteiger partial charge in [0.15, 0.2) is 11.5 Å². The van der Waals surface area contributed by atoms with E-state index < -0.39 is 6.10 Å². The van der Waals surface area contributed by atoms with Crippen LogP contribution < -0.4 is 4.74 Å². The fourth-order valence-electron chi connectivity index (χ4n) is 5.24. The highest BCUT2D eigenvalue weighted by Gasteiger charge is 2.64. The van der Waals surface area contributed by atoms with Gasteiger partial charge in [-0.1, -0.05) is 18.2 Å². The molecule has 1 spiro atoms. The maximum absolute atomic E-state index is 10.4. The minimum Gasteiger partial charge on any atom is -0.504 e. The number of aliphatic hydroxyl groups excluding tert-OH is 1. The van der Waals surface area contributed by atoms with Crippen LogP contribution in [-0.4, -0.2) is 47.0 Å². The number of phenolic OH excluding ortho intramolecular Hbond substituents is 1. The normalized spacial score (nSPS) is 42.6. The van der Waals surface area contributed by atoms with Gasteiger partial charge < -0.3 is 19.8 Å². The number of phenols is 1. The minimum atomic E-state index is -0.594. The fraction of sp³-hybridized carbons (Fsp3) is 0.529. The minimum absolute atomic E-state index is 0.160. The Kier molecular flexibility index (Phi) is 2.08. The number of likely N-dealkylation sites (tertiary alicyclic amines) is 1. The molecule has 4 aliphatic rings.